The van der Waals surface area contributed by atoms with Gasteiger partial charge in [0.05, 0.1) is 29.1 Å². The summed E-state index contributed by atoms with van der Waals surface area (Å²) >= 11 is 1.35. The van der Waals surface area contributed by atoms with E-state index in [9.17, 15) is 13.5 Å². The molecular formula is C22H30N8O3S2. The van der Waals surface area contributed by atoms with Crippen LogP contribution in [0.25, 0.3) is 0 Å². The molecule has 2 bridgehead atoms. The molecule has 3 aliphatic heterocycles. The van der Waals surface area contributed by atoms with Gasteiger partial charge < -0.3 is 20.6 Å². The van der Waals surface area contributed by atoms with Gasteiger partial charge >= 0.3 is 0 Å². The third-order valence-corrected chi connectivity index (χ3v) is 9.53. The van der Waals surface area contributed by atoms with Crippen molar-refractivity contribution < 1.29 is 13.5 Å². The molecule has 11 nitrogen and oxygen atoms in total. The standard InChI is InChI=1S/C22H30N8O3S2/c23-4-1-5-30-16-2-3-17(30)11-15(10-16)25-21-26-19(27-22-24-13-18(14-31)34-22)12-20(28-21)29-6-8-35(32,33)9-7-29/h12-13,15-17,31H,1-3,5-11,14H2,(H2,24,25,26,27,28)/t15-,16-,17+. The summed E-state index contributed by atoms with van der Waals surface area (Å²) in [6, 6.07) is 5.26. The van der Waals surface area contributed by atoms with Crippen LogP contribution in [0, 0.1) is 11.3 Å². The fourth-order valence-electron chi connectivity index (χ4n) is 5.33. The first kappa shape index (κ1) is 24.2. The minimum absolute atomic E-state index is 0.0706. The lowest BCUT2D eigenvalue weighted by Crippen LogP contribution is -2.47. The summed E-state index contributed by atoms with van der Waals surface area (Å²) in [5.41, 5.74) is 0. The normalized spacial score (nSPS) is 25.8. The van der Waals surface area contributed by atoms with Crippen molar-refractivity contribution in [1.29, 1.82) is 5.26 Å². The van der Waals surface area contributed by atoms with E-state index in [1.54, 1.807) is 6.20 Å². The van der Waals surface area contributed by atoms with Crippen molar-refractivity contribution in [3.05, 3.63) is 17.1 Å². The molecule has 5 heterocycles. The number of sulfone groups is 1. The van der Waals surface area contributed by atoms with E-state index in [1.165, 1.54) is 11.3 Å². The summed E-state index contributed by atoms with van der Waals surface area (Å²) in [5, 5.41) is 25.7. The number of aliphatic hydroxyl groups is 1. The van der Waals surface area contributed by atoms with E-state index in [0.717, 1.165) is 37.1 Å². The third kappa shape index (κ3) is 5.66. The Kier molecular flexibility index (Phi) is 7.06. The van der Waals surface area contributed by atoms with Crippen LogP contribution in [0.4, 0.5) is 22.7 Å². The summed E-state index contributed by atoms with van der Waals surface area (Å²) in [7, 11) is -3.01. The zero-order chi connectivity index (χ0) is 24.4. The molecular weight excluding hydrogens is 488 g/mol. The van der Waals surface area contributed by atoms with E-state index in [4.69, 9.17) is 10.2 Å². The Hall–Kier alpha value is -2.53. The Morgan fingerprint density at radius 1 is 1.20 bits per heavy atom. The van der Waals surface area contributed by atoms with Crippen LogP contribution in [-0.4, -0.2) is 82.6 Å². The number of nitrogens with zero attached hydrogens (tertiary/aromatic N) is 6. The van der Waals surface area contributed by atoms with Gasteiger partial charge in [-0.05, 0) is 25.7 Å². The van der Waals surface area contributed by atoms with Crippen molar-refractivity contribution >= 4 is 43.9 Å². The highest BCUT2D eigenvalue weighted by atomic mass is 32.2. The Morgan fingerprint density at radius 2 is 1.94 bits per heavy atom. The van der Waals surface area contributed by atoms with Gasteiger partial charge in [-0.15, -0.1) is 0 Å². The Bertz CT molecular complexity index is 1170. The Labute approximate surface area is 209 Å². The molecule has 35 heavy (non-hydrogen) atoms. The summed E-state index contributed by atoms with van der Waals surface area (Å²) in [4.78, 5) is 19.0. The van der Waals surface area contributed by atoms with Gasteiger partial charge in [0.25, 0.3) is 0 Å². The van der Waals surface area contributed by atoms with E-state index < -0.39 is 9.84 Å². The summed E-state index contributed by atoms with van der Waals surface area (Å²) in [6.07, 6.45) is 6.45. The van der Waals surface area contributed by atoms with Crippen LogP contribution in [0.15, 0.2) is 12.3 Å². The van der Waals surface area contributed by atoms with E-state index in [-0.39, 0.29) is 24.2 Å². The number of piperidine rings is 1. The molecule has 0 spiro atoms. The molecule has 2 aromatic heterocycles. The maximum absolute atomic E-state index is 11.9. The zero-order valence-corrected chi connectivity index (χ0v) is 21.1. The quantitative estimate of drug-likeness (QED) is 0.469. The minimum Gasteiger partial charge on any atom is -0.391 e. The first-order valence-electron chi connectivity index (χ1n) is 12.0. The van der Waals surface area contributed by atoms with Crippen LogP contribution in [0.5, 0.6) is 0 Å². The topological polar surface area (TPSA) is 147 Å². The predicted molar refractivity (Wildman–Crippen MR) is 135 cm³/mol. The van der Waals surface area contributed by atoms with Gasteiger partial charge in [0, 0.05) is 56.4 Å². The van der Waals surface area contributed by atoms with Crippen LogP contribution in [0.1, 0.15) is 37.0 Å². The van der Waals surface area contributed by atoms with E-state index in [0.29, 0.717) is 54.3 Å². The highest BCUT2D eigenvalue weighted by Crippen LogP contribution is 2.37. The van der Waals surface area contributed by atoms with Crippen molar-refractivity contribution in [2.45, 2.75) is 56.8 Å². The van der Waals surface area contributed by atoms with Crippen molar-refractivity contribution in [3.8, 4) is 6.07 Å². The lowest BCUT2D eigenvalue weighted by molar-refractivity contribution is 0.135. The number of anilines is 4. The van der Waals surface area contributed by atoms with Gasteiger partial charge in [0.1, 0.15) is 11.6 Å². The molecule has 3 atom stereocenters. The van der Waals surface area contributed by atoms with Crippen molar-refractivity contribution in [1.82, 2.24) is 19.9 Å². The first-order valence-corrected chi connectivity index (χ1v) is 14.6. The molecule has 2 aromatic rings. The molecule has 0 aliphatic carbocycles. The number of nitrogens with one attached hydrogen (secondary N) is 2. The molecule has 13 heteroatoms. The van der Waals surface area contributed by atoms with Crippen LogP contribution in [0.3, 0.4) is 0 Å². The predicted octanol–water partition coefficient (Wildman–Crippen LogP) is 1.72. The summed E-state index contributed by atoms with van der Waals surface area (Å²) in [5.74, 6) is 1.97. The van der Waals surface area contributed by atoms with Gasteiger partial charge in [-0.3, -0.25) is 4.90 Å². The van der Waals surface area contributed by atoms with E-state index >= 15 is 0 Å². The van der Waals surface area contributed by atoms with E-state index in [1.807, 2.05) is 11.0 Å². The van der Waals surface area contributed by atoms with Gasteiger partial charge in [0.2, 0.25) is 5.95 Å². The van der Waals surface area contributed by atoms with Gasteiger partial charge in [-0.2, -0.15) is 15.2 Å². The second kappa shape index (κ2) is 10.2. The number of fused-ring (bicyclic) bond motifs is 2. The number of aliphatic hydroxyl groups excluding tert-OH is 1. The Balaban J connectivity index is 1.35. The second-order valence-corrected chi connectivity index (χ2v) is 12.8. The SMILES string of the molecule is N#CCCN1[C@@H]2CC[C@H]1C[C@H](Nc1nc(Nc3ncc(CO)s3)cc(N3CCS(=O)(=O)CC3)n1)C2. The lowest BCUT2D eigenvalue weighted by atomic mass is 9.97. The molecule has 3 aliphatic rings. The average Bonchev–Trinajstić information content (AvgIpc) is 3.38. The fourth-order valence-corrected chi connectivity index (χ4v) is 7.21. The molecule has 3 fully saturated rings. The average molecular weight is 519 g/mol. The maximum atomic E-state index is 11.9. The van der Waals surface area contributed by atoms with Crippen molar-refractivity contribution in [3.63, 3.8) is 0 Å². The van der Waals surface area contributed by atoms with Crippen LogP contribution in [0.2, 0.25) is 0 Å². The van der Waals surface area contributed by atoms with Crippen LogP contribution in [-0.2, 0) is 16.4 Å². The van der Waals surface area contributed by atoms with Crippen LogP contribution < -0.4 is 15.5 Å². The number of hydrogen-bond donors (Lipinski definition) is 3. The zero-order valence-electron chi connectivity index (χ0n) is 19.4. The first-order chi connectivity index (χ1) is 16.9. The smallest absolute Gasteiger partial charge is 0.226 e. The monoisotopic (exact) mass is 518 g/mol. The molecule has 0 unspecified atom stereocenters. The molecule has 188 valence electrons. The van der Waals surface area contributed by atoms with Gasteiger partial charge in [0.15, 0.2) is 15.0 Å². The minimum atomic E-state index is -3.01. The summed E-state index contributed by atoms with van der Waals surface area (Å²) < 4.78 is 23.8. The van der Waals surface area contributed by atoms with Gasteiger partial charge in [-0.1, -0.05) is 11.3 Å². The van der Waals surface area contributed by atoms with Crippen LogP contribution >= 0.6 is 11.3 Å². The highest BCUT2D eigenvalue weighted by molar-refractivity contribution is 7.91. The molecule has 0 radical (unpaired) electrons. The van der Waals surface area contributed by atoms with Crippen molar-refractivity contribution in [2.75, 3.05) is 46.7 Å². The molecule has 3 N–H and O–H groups in total. The number of aromatic nitrogens is 3. The molecule has 5 rings (SSSR count). The number of rotatable bonds is 8. The fraction of sp³-hybridized carbons (Fsp3) is 0.636. The molecule has 0 aromatic carbocycles. The summed E-state index contributed by atoms with van der Waals surface area (Å²) in [6.45, 7) is 1.55. The molecule has 0 saturated carbocycles. The lowest BCUT2D eigenvalue weighted by Gasteiger charge is -2.39. The molecule has 3 saturated heterocycles. The highest BCUT2D eigenvalue weighted by Gasteiger charge is 2.40. The largest absolute Gasteiger partial charge is 0.391 e. The van der Waals surface area contributed by atoms with Gasteiger partial charge in [-0.25, -0.2) is 13.4 Å². The van der Waals surface area contributed by atoms with Crippen molar-refractivity contribution in [2.24, 2.45) is 0 Å². The second-order valence-electron chi connectivity index (χ2n) is 9.33. The van der Waals surface area contributed by atoms with E-state index in [2.05, 4.69) is 31.6 Å². The Morgan fingerprint density at radius 3 is 2.60 bits per heavy atom. The molecule has 0 amide bonds. The number of thiazole rings is 1. The maximum Gasteiger partial charge on any atom is 0.226 e. The number of hydrogen-bond acceptors (Lipinski definition) is 12. The third-order valence-electron chi connectivity index (χ3n) is 7.02. The number of nitriles is 1.